The van der Waals surface area contributed by atoms with Crippen molar-refractivity contribution in [1.82, 2.24) is 5.32 Å². The molecular formula is C16H25NO3. The molecule has 1 rings (SSSR count). The fourth-order valence-corrected chi connectivity index (χ4v) is 2.11. The van der Waals surface area contributed by atoms with Crippen LogP contribution >= 0.6 is 0 Å². The van der Waals surface area contributed by atoms with Crippen molar-refractivity contribution < 1.29 is 14.2 Å². The quantitative estimate of drug-likeness (QED) is 0.777. The van der Waals surface area contributed by atoms with Gasteiger partial charge in [0.1, 0.15) is 5.75 Å². The number of likely N-dealkylation sites (N-methyl/N-ethyl adjacent to an activating group) is 1. The minimum Gasteiger partial charge on any atom is -0.496 e. The van der Waals surface area contributed by atoms with Crippen molar-refractivity contribution in [3.8, 4) is 17.2 Å². The van der Waals surface area contributed by atoms with Crippen LogP contribution in [0, 0.1) is 0 Å². The van der Waals surface area contributed by atoms with E-state index < -0.39 is 0 Å². The van der Waals surface area contributed by atoms with Gasteiger partial charge in [0.05, 0.1) is 27.4 Å². The minimum atomic E-state index is 0.0831. The summed E-state index contributed by atoms with van der Waals surface area (Å²) < 4.78 is 16.2. The largest absolute Gasteiger partial charge is 0.496 e. The van der Waals surface area contributed by atoms with Crippen LogP contribution in [0.2, 0.25) is 0 Å². The summed E-state index contributed by atoms with van der Waals surface area (Å²) in [5, 5.41) is 3.44. The molecule has 0 aliphatic rings. The Bertz CT molecular complexity index is 465. The number of methoxy groups -OCH3 is 3. The van der Waals surface area contributed by atoms with Crippen LogP contribution in [0.15, 0.2) is 23.8 Å². The Morgan fingerprint density at radius 1 is 1.05 bits per heavy atom. The Hall–Kier alpha value is -1.68. The number of rotatable bonds is 7. The Kier molecular flexibility index (Phi) is 6.39. The SMILES string of the molecule is CCNC(C=C(C)C)c1cc(OC)c(OC)cc1OC. The fourth-order valence-electron chi connectivity index (χ4n) is 2.11. The summed E-state index contributed by atoms with van der Waals surface area (Å²) in [4.78, 5) is 0. The van der Waals surface area contributed by atoms with Gasteiger partial charge in [-0.1, -0.05) is 18.6 Å². The molecule has 0 saturated heterocycles. The molecule has 112 valence electrons. The number of hydrogen-bond donors (Lipinski definition) is 1. The van der Waals surface area contributed by atoms with Gasteiger partial charge < -0.3 is 19.5 Å². The second-order valence-corrected chi connectivity index (χ2v) is 4.73. The molecule has 0 spiro atoms. The van der Waals surface area contributed by atoms with E-state index >= 15 is 0 Å². The topological polar surface area (TPSA) is 39.7 Å². The average molecular weight is 279 g/mol. The fraction of sp³-hybridized carbons (Fsp3) is 0.500. The molecular weight excluding hydrogens is 254 g/mol. The van der Waals surface area contributed by atoms with E-state index in [1.165, 1.54) is 5.57 Å². The van der Waals surface area contributed by atoms with Crippen LogP contribution in [-0.2, 0) is 0 Å². The van der Waals surface area contributed by atoms with Crippen molar-refractivity contribution in [2.24, 2.45) is 0 Å². The van der Waals surface area contributed by atoms with Gasteiger partial charge in [0, 0.05) is 11.6 Å². The first kappa shape index (κ1) is 16.4. The Labute approximate surface area is 121 Å². The molecule has 0 heterocycles. The van der Waals surface area contributed by atoms with Gasteiger partial charge >= 0.3 is 0 Å². The van der Waals surface area contributed by atoms with E-state index in [-0.39, 0.29) is 6.04 Å². The molecule has 1 atom stereocenters. The van der Waals surface area contributed by atoms with Crippen molar-refractivity contribution in [2.75, 3.05) is 27.9 Å². The van der Waals surface area contributed by atoms with E-state index in [4.69, 9.17) is 14.2 Å². The highest BCUT2D eigenvalue weighted by molar-refractivity contribution is 5.52. The molecule has 1 unspecified atom stereocenters. The van der Waals surface area contributed by atoms with Crippen molar-refractivity contribution in [2.45, 2.75) is 26.8 Å². The Morgan fingerprint density at radius 2 is 1.60 bits per heavy atom. The molecule has 0 radical (unpaired) electrons. The van der Waals surface area contributed by atoms with Crippen LogP contribution in [0.4, 0.5) is 0 Å². The summed E-state index contributed by atoms with van der Waals surface area (Å²) in [6.07, 6.45) is 2.17. The Morgan fingerprint density at radius 3 is 2.05 bits per heavy atom. The normalized spacial score (nSPS) is 11.7. The van der Waals surface area contributed by atoms with E-state index in [1.807, 2.05) is 12.1 Å². The van der Waals surface area contributed by atoms with Crippen LogP contribution in [0.3, 0.4) is 0 Å². The molecule has 1 aromatic rings. The zero-order valence-electron chi connectivity index (χ0n) is 13.2. The number of hydrogen-bond acceptors (Lipinski definition) is 4. The van der Waals surface area contributed by atoms with Crippen molar-refractivity contribution in [1.29, 1.82) is 0 Å². The average Bonchev–Trinajstić information content (AvgIpc) is 2.44. The number of nitrogens with one attached hydrogen (secondary N) is 1. The van der Waals surface area contributed by atoms with Crippen LogP contribution < -0.4 is 19.5 Å². The van der Waals surface area contributed by atoms with Crippen molar-refractivity contribution >= 4 is 0 Å². The van der Waals surface area contributed by atoms with Crippen LogP contribution in [0.5, 0.6) is 17.2 Å². The third kappa shape index (κ3) is 3.90. The number of ether oxygens (including phenoxy) is 3. The van der Waals surface area contributed by atoms with Gasteiger partial charge in [0.2, 0.25) is 0 Å². The summed E-state index contributed by atoms with van der Waals surface area (Å²) in [5.41, 5.74) is 2.28. The maximum Gasteiger partial charge on any atom is 0.164 e. The first-order valence-electron chi connectivity index (χ1n) is 6.75. The van der Waals surface area contributed by atoms with E-state index in [2.05, 4.69) is 32.2 Å². The lowest BCUT2D eigenvalue weighted by Gasteiger charge is -2.20. The summed E-state index contributed by atoms with van der Waals surface area (Å²) in [6.45, 7) is 7.11. The predicted octanol–water partition coefficient (Wildman–Crippen LogP) is 3.33. The van der Waals surface area contributed by atoms with Crippen molar-refractivity contribution in [3.63, 3.8) is 0 Å². The maximum absolute atomic E-state index is 5.49. The molecule has 4 heteroatoms. The number of allylic oxidation sites excluding steroid dienone is 1. The molecule has 0 aliphatic carbocycles. The lowest BCUT2D eigenvalue weighted by molar-refractivity contribution is 0.346. The molecule has 4 nitrogen and oxygen atoms in total. The smallest absolute Gasteiger partial charge is 0.164 e. The lowest BCUT2D eigenvalue weighted by Crippen LogP contribution is -2.20. The van der Waals surface area contributed by atoms with E-state index in [0.29, 0.717) is 11.5 Å². The van der Waals surface area contributed by atoms with Gasteiger partial charge in [-0.15, -0.1) is 0 Å². The van der Waals surface area contributed by atoms with E-state index in [0.717, 1.165) is 17.9 Å². The number of benzene rings is 1. The molecule has 0 bridgehead atoms. The zero-order valence-corrected chi connectivity index (χ0v) is 13.2. The summed E-state index contributed by atoms with van der Waals surface area (Å²) in [5.74, 6) is 2.15. The summed E-state index contributed by atoms with van der Waals surface area (Å²) in [7, 11) is 4.92. The van der Waals surface area contributed by atoms with Gasteiger partial charge in [-0.2, -0.15) is 0 Å². The van der Waals surface area contributed by atoms with Gasteiger partial charge in [-0.05, 0) is 26.5 Å². The lowest BCUT2D eigenvalue weighted by atomic mass is 10.0. The molecule has 0 amide bonds. The standard InChI is InChI=1S/C16H25NO3/c1-7-17-13(8-11(2)3)12-9-15(19-5)16(20-6)10-14(12)18-4/h8-10,13,17H,7H2,1-6H3. The minimum absolute atomic E-state index is 0.0831. The van der Waals surface area contributed by atoms with E-state index in [9.17, 15) is 0 Å². The third-order valence-electron chi connectivity index (χ3n) is 2.99. The highest BCUT2D eigenvalue weighted by atomic mass is 16.5. The van der Waals surface area contributed by atoms with Gasteiger partial charge in [-0.3, -0.25) is 0 Å². The first-order chi connectivity index (χ1) is 9.57. The molecule has 0 fully saturated rings. The van der Waals surface area contributed by atoms with Gasteiger partial charge in [-0.25, -0.2) is 0 Å². The summed E-state index contributed by atoms with van der Waals surface area (Å²) in [6, 6.07) is 3.90. The molecule has 20 heavy (non-hydrogen) atoms. The van der Waals surface area contributed by atoms with Crippen LogP contribution in [-0.4, -0.2) is 27.9 Å². The monoisotopic (exact) mass is 279 g/mol. The molecule has 0 aliphatic heterocycles. The highest BCUT2D eigenvalue weighted by Crippen LogP contribution is 2.38. The van der Waals surface area contributed by atoms with Crippen LogP contribution in [0.25, 0.3) is 0 Å². The van der Waals surface area contributed by atoms with E-state index in [1.54, 1.807) is 21.3 Å². The van der Waals surface area contributed by atoms with Crippen LogP contribution in [0.1, 0.15) is 32.4 Å². The molecule has 0 aromatic heterocycles. The second kappa shape index (κ2) is 7.80. The van der Waals surface area contributed by atoms with Crippen molar-refractivity contribution in [3.05, 3.63) is 29.3 Å². The second-order valence-electron chi connectivity index (χ2n) is 4.73. The Balaban J connectivity index is 3.35. The zero-order chi connectivity index (χ0) is 15.1. The highest BCUT2D eigenvalue weighted by Gasteiger charge is 2.17. The predicted molar refractivity (Wildman–Crippen MR) is 81.9 cm³/mol. The van der Waals surface area contributed by atoms with Gasteiger partial charge in [0.15, 0.2) is 11.5 Å². The maximum atomic E-state index is 5.49. The molecule has 0 saturated carbocycles. The third-order valence-corrected chi connectivity index (χ3v) is 2.99. The molecule has 1 N–H and O–H groups in total. The molecule has 1 aromatic carbocycles. The first-order valence-corrected chi connectivity index (χ1v) is 6.75. The van der Waals surface area contributed by atoms with Gasteiger partial charge in [0.25, 0.3) is 0 Å². The summed E-state index contributed by atoms with van der Waals surface area (Å²) >= 11 is 0.